The number of halogens is 3. The summed E-state index contributed by atoms with van der Waals surface area (Å²) < 4.78 is 7.69. The van der Waals surface area contributed by atoms with Crippen LogP contribution in [-0.4, -0.2) is 22.8 Å². The lowest BCUT2D eigenvalue weighted by atomic mass is 10.2. The van der Waals surface area contributed by atoms with E-state index in [0.29, 0.717) is 21.8 Å². The first-order valence-corrected chi connectivity index (χ1v) is 8.29. The zero-order chi connectivity index (χ0) is 15.4. The lowest BCUT2D eigenvalue weighted by molar-refractivity contribution is 0.105. The zero-order valence-corrected chi connectivity index (χ0v) is 14.5. The van der Waals surface area contributed by atoms with Crippen molar-refractivity contribution in [1.82, 2.24) is 9.55 Å². The molecule has 0 saturated carbocycles. The molecule has 0 fully saturated rings. The van der Waals surface area contributed by atoms with Gasteiger partial charge in [0.05, 0.1) is 27.0 Å². The van der Waals surface area contributed by atoms with E-state index < -0.39 is 0 Å². The quantitative estimate of drug-likeness (QED) is 0.511. The second-order valence-electron chi connectivity index (χ2n) is 5.39. The van der Waals surface area contributed by atoms with Crippen molar-refractivity contribution in [2.75, 3.05) is 13.2 Å². The molecular weight excluding hydrogens is 331 g/mol. The van der Waals surface area contributed by atoms with Crippen LogP contribution >= 0.6 is 34.8 Å². The fourth-order valence-corrected chi connectivity index (χ4v) is 2.69. The molecule has 1 aromatic heterocycles. The molecule has 0 aliphatic rings. The summed E-state index contributed by atoms with van der Waals surface area (Å²) in [6.07, 6.45) is 0.905. The Morgan fingerprint density at radius 1 is 1.24 bits per heavy atom. The maximum Gasteiger partial charge on any atom is 0.124 e. The van der Waals surface area contributed by atoms with Crippen LogP contribution in [0.3, 0.4) is 0 Å². The molecular formula is C15H19Cl3N2O. The van der Waals surface area contributed by atoms with Gasteiger partial charge in [-0.1, -0.05) is 37.0 Å². The largest absolute Gasteiger partial charge is 0.381 e. The lowest BCUT2D eigenvalue weighted by Crippen LogP contribution is -2.08. The first-order valence-electron chi connectivity index (χ1n) is 7.00. The van der Waals surface area contributed by atoms with Gasteiger partial charge in [0.1, 0.15) is 5.82 Å². The zero-order valence-electron chi connectivity index (χ0n) is 12.2. The topological polar surface area (TPSA) is 27.1 Å². The highest BCUT2D eigenvalue weighted by Gasteiger charge is 2.12. The van der Waals surface area contributed by atoms with E-state index in [9.17, 15) is 0 Å². The smallest absolute Gasteiger partial charge is 0.124 e. The van der Waals surface area contributed by atoms with Crippen LogP contribution in [0, 0.1) is 5.92 Å². The third-order valence-corrected chi connectivity index (χ3v) is 4.07. The minimum Gasteiger partial charge on any atom is -0.381 e. The summed E-state index contributed by atoms with van der Waals surface area (Å²) in [6, 6.07) is 3.62. The lowest BCUT2D eigenvalue weighted by Gasteiger charge is -2.10. The molecule has 6 heteroatoms. The van der Waals surface area contributed by atoms with Gasteiger partial charge in [-0.2, -0.15) is 0 Å². The Hall–Kier alpha value is -0.480. The Labute approximate surface area is 140 Å². The Balaban J connectivity index is 2.12. The van der Waals surface area contributed by atoms with Crippen molar-refractivity contribution in [2.45, 2.75) is 32.7 Å². The summed E-state index contributed by atoms with van der Waals surface area (Å²) in [5.74, 6) is 1.74. The molecule has 0 bridgehead atoms. The van der Waals surface area contributed by atoms with E-state index >= 15 is 0 Å². The molecule has 0 aliphatic heterocycles. The summed E-state index contributed by atoms with van der Waals surface area (Å²) >= 11 is 18.1. The van der Waals surface area contributed by atoms with Gasteiger partial charge < -0.3 is 9.30 Å². The molecule has 2 aromatic rings. The van der Waals surface area contributed by atoms with Gasteiger partial charge in [-0.05, 0) is 24.5 Å². The molecule has 21 heavy (non-hydrogen) atoms. The Bertz CT molecular complexity index is 610. The number of nitrogens with zero attached hydrogens (tertiary/aromatic N) is 2. The van der Waals surface area contributed by atoms with E-state index in [1.807, 2.05) is 6.07 Å². The number of alkyl halides is 1. The van der Waals surface area contributed by atoms with Crippen molar-refractivity contribution < 1.29 is 4.74 Å². The third kappa shape index (κ3) is 4.26. The summed E-state index contributed by atoms with van der Waals surface area (Å²) in [5.41, 5.74) is 1.78. The van der Waals surface area contributed by atoms with Crippen LogP contribution in [0.4, 0.5) is 0 Å². The summed E-state index contributed by atoms with van der Waals surface area (Å²) in [5, 5.41) is 1.04. The van der Waals surface area contributed by atoms with Gasteiger partial charge in [-0.15, -0.1) is 11.6 Å². The van der Waals surface area contributed by atoms with Crippen molar-refractivity contribution in [1.29, 1.82) is 0 Å². The van der Waals surface area contributed by atoms with E-state index in [2.05, 4.69) is 23.4 Å². The summed E-state index contributed by atoms with van der Waals surface area (Å²) in [6.45, 7) is 6.59. The highest BCUT2D eigenvalue weighted by atomic mass is 35.5. The predicted molar refractivity (Wildman–Crippen MR) is 89.6 cm³/mol. The number of aryl methyl sites for hydroxylation is 1. The third-order valence-electron chi connectivity index (χ3n) is 3.11. The Morgan fingerprint density at radius 3 is 2.62 bits per heavy atom. The van der Waals surface area contributed by atoms with E-state index in [1.54, 1.807) is 6.07 Å². The summed E-state index contributed by atoms with van der Waals surface area (Å²) in [7, 11) is 0. The molecule has 0 amide bonds. The molecule has 0 unspecified atom stereocenters. The molecule has 2 rings (SSSR count). The van der Waals surface area contributed by atoms with Crippen LogP contribution in [-0.2, 0) is 17.2 Å². The van der Waals surface area contributed by atoms with E-state index in [1.165, 1.54) is 0 Å². The van der Waals surface area contributed by atoms with Crippen molar-refractivity contribution in [3.8, 4) is 0 Å². The molecule has 1 heterocycles. The van der Waals surface area contributed by atoms with Gasteiger partial charge in [0.15, 0.2) is 0 Å². The average molecular weight is 350 g/mol. The highest BCUT2D eigenvalue weighted by Crippen LogP contribution is 2.28. The van der Waals surface area contributed by atoms with Gasteiger partial charge in [0, 0.05) is 19.8 Å². The number of imidazole rings is 1. The van der Waals surface area contributed by atoms with Crippen molar-refractivity contribution in [2.24, 2.45) is 5.92 Å². The molecule has 0 spiro atoms. The first kappa shape index (κ1) is 16.9. The van der Waals surface area contributed by atoms with Crippen LogP contribution in [0.15, 0.2) is 12.1 Å². The van der Waals surface area contributed by atoms with Crippen LogP contribution in [0.5, 0.6) is 0 Å². The minimum atomic E-state index is 0.358. The van der Waals surface area contributed by atoms with E-state index in [-0.39, 0.29) is 0 Å². The van der Waals surface area contributed by atoms with Gasteiger partial charge in [-0.3, -0.25) is 0 Å². The molecule has 0 saturated heterocycles. The van der Waals surface area contributed by atoms with Crippen molar-refractivity contribution in [3.63, 3.8) is 0 Å². The number of hydrogen-bond acceptors (Lipinski definition) is 2. The van der Waals surface area contributed by atoms with Crippen LogP contribution < -0.4 is 0 Å². The van der Waals surface area contributed by atoms with Crippen molar-refractivity contribution >= 4 is 45.8 Å². The summed E-state index contributed by atoms with van der Waals surface area (Å²) in [4.78, 5) is 4.51. The fourth-order valence-electron chi connectivity index (χ4n) is 2.17. The predicted octanol–water partition coefficient (Wildman–Crippen LogP) is 5.14. The second-order valence-corrected chi connectivity index (χ2v) is 6.47. The van der Waals surface area contributed by atoms with Crippen molar-refractivity contribution in [3.05, 3.63) is 28.0 Å². The molecule has 0 radical (unpaired) electrons. The molecule has 3 nitrogen and oxygen atoms in total. The SMILES string of the molecule is CC(C)COCCCn1c(CCl)nc2cc(Cl)c(Cl)cc21. The molecule has 116 valence electrons. The van der Waals surface area contributed by atoms with Crippen LogP contribution in [0.2, 0.25) is 10.0 Å². The highest BCUT2D eigenvalue weighted by molar-refractivity contribution is 6.42. The standard InChI is InChI=1S/C15H19Cl3N2O/c1-10(2)9-21-5-3-4-20-14-7-12(18)11(17)6-13(14)19-15(20)8-16/h6-7,10H,3-5,8-9H2,1-2H3. The number of fused-ring (bicyclic) bond motifs is 1. The number of aromatic nitrogens is 2. The maximum atomic E-state index is 6.10. The maximum absolute atomic E-state index is 6.10. The van der Waals surface area contributed by atoms with E-state index in [4.69, 9.17) is 39.5 Å². The average Bonchev–Trinajstić information content (AvgIpc) is 2.76. The fraction of sp³-hybridized carbons (Fsp3) is 0.533. The van der Waals surface area contributed by atoms with E-state index in [0.717, 1.165) is 43.0 Å². The van der Waals surface area contributed by atoms with Crippen LogP contribution in [0.1, 0.15) is 26.1 Å². The minimum absolute atomic E-state index is 0.358. The molecule has 1 aromatic carbocycles. The molecule has 0 atom stereocenters. The second kappa shape index (κ2) is 7.68. The van der Waals surface area contributed by atoms with Gasteiger partial charge in [-0.25, -0.2) is 4.98 Å². The van der Waals surface area contributed by atoms with Gasteiger partial charge in [0.2, 0.25) is 0 Å². The number of hydrogen-bond donors (Lipinski definition) is 0. The number of rotatable bonds is 7. The first-order chi connectivity index (χ1) is 10.0. The van der Waals surface area contributed by atoms with Crippen LogP contribution in [0.25, 0.3) is 11.0 Å². The van der Waals surface area contributed by atoms with Gasteiger partial charge in [0.25, 0.3) is 0 Å². The number of ether oxygens (including phenoxy) is 1. The Morgan fingerprint density at radius 2 is 1.95 bits per heavy atom. The van der Waals surface area contributed by atoms with Gasteiger partial charge >= 0.3 is 0 Å². The normalized spacial score (nSPS) is 11.7. The Kier molecular flexibility index (Phi) is 6.18. The molecule has 0 N–H and O–H groups in total. The number of benzene rings is 1. The molecule has 0 aliphatic carbocycles. The monoisotopic (exact) mass is 348 g/mol.